The molecule has 7 heteroatoms. The Balaban J connectivity index is 1.66. The van der Waals surface area contributed by atoms with Crippen molar-refractivity contribution in [3.8, 4) is 6.07 Å². The molecular formula is C25H22N4O3. The second kappa shape index (κ2) is 11.0. The molecule has 0 fully saturated rings. The van der Waals surface area contributed by atoms with Gasteiger partial charge < -0.3 is 20.7 Å². The van der Waals surface area contributed by atoms with E-state index in [1.807, 2.05) is 60.7 Å². The molecule has 3 aromatic carbocycles. The number of amides is 1. The molecule has 0 saturated carbocycles. The Hall–Kier alpha value is -4.57. The lowest BCUT2D eigenvalue weighted by Crippen LogP contribution is -2.17. The van der Waals surface area contributed by atoms with E-state index >= 15 is 0 Å². The Kier molecular flexibility index (Phi) is 7.60. The summed E-state index contributed by atoms with van der Waals surface area (Å²) in [4.78, 5) is 24.6. The van der Waals surface area contributed by atoms with Crippen molar-refractivity contribution in [1.82, 2.24) is 0 Å². The molecule has 0 heterocycles. The number of ether oxygens (including phenoxy) is 1. The Morgan fingerprint density at radius 2 is 1.53 bits per heavy atom. The maximum atomic E-state index is 12.6. The van der Waals surface area contributed by atoms with Crippen molar-refractivity contribution in [2.45, 2.75) is 6.92 Å². The van der Waals surface area contributed by atoms with Crippen molar-refractivity contribution in [2.24, 2.45) is 0 Å². The first-order valence-corrected chi connectivity index (χ1v) is 9.97. The lowest BCUT2D eigenvalue weighted by atomic mass is 10.1. The molecule has 0 aliphatic rings. The fourth-order valence-corrected chi connectivity index (χ4v) is 2.81. The Morgan fingerprint density at radius 3 is 2.22 bits per heavy atom. The van der Waals surface area contributed by atoms with Crippen LogP contribution in [0.1, 0.15) is 17.3 Å². The summed E-state index contributed by atoms with van der Waals surface area (Å²) in [5.41, 5.74) is 2.92. The summed E-state index contributed by atoms with van der Waals surface area (Å²) < 4.78 is 5.00. The second-order valence-corrected chi connectivity index (χ2v) is 6.60. The number of carbonyl (C=O) groups excluding carboxylic acids is 2. The number of nitriles is 1. The molecule has 32 heavy (non-hydrogen) atoms. The van der Waals surface area contributed by atoms with Gasteiger partial charge >= 0.3 is 5.97 Å². The van der Waals surface area contributed by atoms with Gasteiger partial charge in [-0.15, -0.1) is 0 Å². The minimum Gasteiger partial charge on any atom is -0.462 e. The monoisotopic (exact) mass is 426 g/mol. The molecule has 0 aliphatic heterocycles. The van der Waals surface area contributed by atoms with Crippen LogP contribution in [-0.4, -0.2) is 18.5 Å². The summed E-state index contributed by atoms with van der Waals surface area (Å²) in [7, 11) is 0. The van der Waals surface area contributed by atoms with E-state index in [9.17, 15) is 14.9 Å². The third kappa shape index (κ3) is 5.97. The second-order valence-electron chi connectivity index (χ2n) is 6.60. The maximum Gasteiger partial charge on any atom is 0.340 e. The van der Waals surface area contributed by atoms with Gasteiger partial charge in [-0.1, -0.05) is 30.3 Å². The van der Waals surface area contributed by atoms with Crippen LogP contribution in [-0.2, 0) is 9.53 Å². The van der Waals surface area contributed by atoms with Gasteiger partial charge in [0.25, 0.3) is 5.91 Å². The summed E-state index contributed by atoms with van der Waals surface area (Å²) >= 11 is 0. The number of esters is 1. The third-order valence-corrected chi connectivity index (χ3v) is 4.37. The van der Waals surface area contributed by atoms with E-state index in [1.54, 1.807) is 31.2 Å². The highest BCUT2D eigenvalue weighted by Gasteiger charge is 2.16. The van der Waals surface area contributed by atoms with Gasteiger partial charge in [0.15, 0.2) is 0 Å². The van der Waals surface area contributed by atoms with E-state index in [1.165, 1.54) is 6.20 Å². The number of nitrogens with one attached hydrogen (secondary N) is 3. The van der Waals surface area contributed by atoms with Crippen molar-refractivity contribution < 1.29 is 14.3 Å². The number of para-hydroxylation sites is 2. The van der Waals surface area contributed by atoms with Crippen LogP contribution in [0.15, 0.2) is 90.6 Å². The van der Waals surface area contributed by atoms with Gasteiger partial charge in [0.2, 0.25) is 0 Å². The zero-order valence-electron chi connectivity index (χ0n) is 17.5. The highest BCUT2D eigenvalue weighted by Crippen LogP contribution is 2.20. The molecule has 0 unspecified atom stereocenters. The van der Waals surface area contributed by atoms with Gasteiger partial charge in [0.1, 0.15) is 11.6 Å². The minimum absolute atomic E-state index is 0.143. The summed E-state index contributed by atoms with van der Waals surface area (Å²) in [6.45, 7) is 1.92. The van der Waals surface area contributed by atoms with E-state index < -0.39 is 11.9 Å². The Morgan fingerprint density at radius 1 is 0.906 bits per heavy atom. The molecule has 160 valence electrons. The van der Waals surface area contributed by atoms with E-state index in [4.69, 9.17) is 4.74 Å². The zero-order valence-corrected chi connectivity index (χ0v) is 17.5. The lowest BCUT2D eigenvalue weighted by Gasteiger charge is -2.10. The van der Waals surface area contributed by atoms with E-state index in [0.717, 1.165) is 11.4 Å². The first-order chi connectivity index (χ1) is 15.6. The Bertz CT molecular complexity index is 1150. The summed E-state index contributed by atoms with van der Waals surface area (Å²) in [6, 6.07) is 25.5. The molecule has 0 spiro atoms. The molecule has 0 aromatic heterocycles. The van der Waals surface area contributed by atoms with Crippen LogP contribution in [0.2, 0.25) is 0 Å². The highest BCUT2D eigenvalue weighted by molar-refractivity contribution is 6.09. The van der Waals surface area contributed by atoms with Crippen LogP contribution >= 0.6 is 0 Å². The average molecular weight is 426 g/mol. The van der Waals surface area contributed by atoms with Gasteiger partial charge in [0.05, 0.1) is 17.9 Å². The first-order valence-electron chi connectivity index (χ1n) is 9.97. The smallest absolute Gasteiger partial charge is 0.340 e. The van der Waals surface area contributed by atoms with Gasteiger partial charge in [-0.3, -0.25) is 4.79 Å². The van der Waals surface area contributed by atoms with Crippen LogP contribution in [0.3, 0.4) is 0 Å². The number of nitrogens with zero attached hydrogens (tertiary/aromatic N) is 1. The summed E-state index contributed by atoms with van der Waals surface area (Å²) in [5.74, 6) is -1.19. The van der Waals surface area contributed by atoms with Crippen molar-refractivity contribution in [1.29, 1.82) is 5.26 Å². The predicted molar refractivity (Wildman–Crippen MR) is 125 cm³/mol. The molecule has 0 aliphatic carbocycles. The number of carbonyl (C=O) groups is 2. The fourth-order valence-electron chi connectivity index (χ4n) is 2.81. The van der Waals surface area contributed by atoms with Crippen molar-refractivity contribution in [3.63, 3.8) is 0 Å². The number of benzene rings is 3. The van der Waals surface area contributed by atoms with Crippen LogP contribution in [0.4, 0.5) is 22.7 Å². The zero-order chi connectivity index (χ0) is 22.8. The van der Waals surface area contributed by atoms with E-state index in [-0.39, 0.29) is 23.4 Å². The number of hydrogen-bond acceptors (Lipinski definition) is 6. The predicted octanol–water partition coefficient (Wildman–Crippen LogP) is 5.06. The van der Waals surface area contributed by atoms with Crippen molar-refractivity contribution >= 4 is 34.6 Å². The van der Waals surface area contributed by atoms with Crippen LogP contribution < -0.4 is 16.0 Å². The van der Waals surface area contributed by atoms with Gasteiger partial charge in [-0.25, -0.2) is 4.79 Å². The number of rotatable bonds is 8. The standard InChI is InChI=1S/C25H22N4O3/c1-2-32-25(31)22-10-6-7-11-23(22)29-24(30)18(16-26)17-27-19-12-14-21(15-13-19)28-20-8-4-3-5-9-20/h3-15,17,27-28H,2H2,1H3,(H,29,30)/b18-17-. The molecular weight excluding hydrogens is 404 g/mol. The first kappa shape index (κ1) is 22.1. The highest BCUT2D eigenvalue weighted by atomic mass is 16.5. The Labute approximate surface area is 186 Å². The minimum atomic E-state index is -0.640. The SMILES string of the molecule is CCOC(=O)c1ccccc1NC(=O)/C(C#N)=C\Nc1ccc(Nc2ccccc2)cc1. The van der Waals surface area contributed by atoms with E-state index in [0.29, 0.717) is 5.69 Å². The lowest BCUT2D eigenvalue weighted by molar-refractivity contribution is -0.112. The molecule has 0 bridgehead atoms. The molecule has 3 rings (SSSR count). The van der Waals surface area contributed by atoms with Crippen molar-refractivity contribution in [2.75, 3.05) is 22.6 Å². The molecule has 0 atom stereocenters. The maximum absolute atomic E-state index is 12.6. The molecule has 0 radical (unpaired) electrons. The van der Waals surface area contributed by atoms with Crippen LogP contribution in [0, 0.1) is 11.3 Å². The quantitative estimate of drug-likeness (QED) is 0.264. The molecule has 7 nitrogen and oxygen atoms in total. The molecule has 1 amide bonds. The van der Waals surface area contributed by atoms with Gasteiger partial charge in [-0.2, -0.15) is 5.26 Å². The number of anilines is 4. The van der Waals surface area contributed by atoms with Crippen LogP contribution in [0.25, 0.3) is 0 Å². The fraction of sp³-hybridized carbons (Fsp3) is 0.0800. The summed E-state index contributed by atoms with van der Waals surface area (Å²) in [5, 5.41) is 18.2. The van der Waals surface area contributed by atoms with Crippen LogP contribution in [0.5, 0.6) is 0 Å². The van der Waals surface area contributed by atoms with Gasteiger partial charge in [-0.05, 0) is 55.5 Å². The molecule has 0 saturated heterocycles. The topological polar surface area (TPSA) is 103 Å². The normalized spacial score (nSPS) is 10.6. The number of hydrogen-bond donors (Lipinski definition) is 3. The molecule has 3 N–H and O–H groups in total. The van der Waals surface area contributed by atoms with Crippen molar-refractivity contribution in [3.05, 3.63) is 96.2 Å². The third-order valence-electron chi connectivity index (χ3n) is 4.37. The van der Waals surface area contributed by atoms with Gasteiger partial charge in [0, 0.05) is 23.3 Å². The molecule has 3 aromatic rings. The average Bonchev–Trinajstić information content (AvgIpc) is 2.82. The van der Waals surface area contributed by atoms with E-state index in [2.05, 4.69) is 16.0 Å². The largest absolute Gasteiger partial charge is 0.462 e. The summed E-state index contributed by atoms with van der Waals surface area (Å²) in [6.07, 6.45) is 1.32.